The van der Waals surface area contributed by atoms with E-state index in [-0.39, 0.29) is 13.2 Å². The van der Waals surface area contributed by atoms with Gasteiger partial charge in [0.05, 0.1) is 12.2 Å². The lowest BCUT2D eigenvalue weighted by Gasteiger charge is -2.21. The van der Waals surface area contributed by atoms with E-state index in [2.05, 4.69) is 0 Å². The molecule has 0 amide bonds. The molecule has 11 nitrogen and oxygen atoms in total. The Hall–Kier alpha value is -2.69. The molecule has 178 valence electrons. The van der Waals surface area contributed by atoms with Crippen LogP contribution >= 0.6 is 0 Å². The molecule has 0 bridgehead atoms. The second kappa shape index (κ2) is 12.9. The summed E-state index contributed by atoms with van der Waals surface area (Å²) in [7, 11) is 0. The second-order valence-corrected chi connectivity index (χ2v) is 7.52. The minimum atomic E-state index is -1.39. The van der Waals surface area contributed by atoms with Crippen LogP contribution in [-0.2, 0) is 52.4 Å². The summed E-state index contributed by atoms with van der Waals surface area (Å²) in [4.78, 5) is 59.1. The summed E-state index contributed by atoms with van der Waals surface area (Å²) in [6, 6.07) is 0. The molecule has 4 atom stereocenters. The molecular formula is C20H32O11. The Kier molecular flexibility index (Phi) is 11.8. The van der Waals surface area contributed by atoms with Crippen LogP contribution in [-0.4, -0.2) is 73.1 Å². The topological polar surface area (TPSA) is 141 Å². The third kappa shape index (κ3) is 11.9. The molecule has 0 aromatic rings. The Bertz CT molecular complexity index is 650. The van der Waals surface area contributed by atoms with Crippen molar-refractivity contribution in [3.05, 3.63) is 0 Å². The van der Waals surface area contributed by atoms with Crippen molar-refractivity contribution in [2.45, 2.75) is 85.4 Å². The molecule has 0 aliphatic heterocycles. The van der Waals surface area contributed by atoms with Gasteiger partial charge in [-0.1, -0.05) is 0 Å². The SMILES string of the molecule is CCOC(=O)C(C)OC(=O)C(C)OC(=O)C(C)OC(=O)C(C)OC(=O)COC(C)(C)C. The molecule has 0 rings (SSSR count). The summed E-state index contributed by atoms with van der Waals surface area (Å²) in [5.74, 6) is -4.51. The van der Waals surface area contributed by atoms with E-state index >= 15 is 0 Å². The van der Waals surface area contributed by atoms with Crippen molar-refractivity contribution in [2.75, 3.05) is 13.2 Å². The second-order valence-electron chi connectivity index (χ2n) is 7.52. The van der Waals surface area contributed by atoms with E-state index < -0.39 is 59.9 Å². The van der Waals surface area contributed by atoms with Gasteiger partial charge >= 0.3 is 29.8 Å². The number of hydrogen-bond acceptors (Lipinski definition) is 11. The van der Waals surface area contributed by atoms with E-state index in [1.165, 1.54) is 27.7 Å². The lowest BCUT2D eigenvalue weighted by atomic mass is 10.2. The fourth-order valence-electron chi connectivity index (χ4n) is 1.77. The van der Waals surface area contributed by atoms with Gasteiger partial charge in [0.15, 0.2) is 24.4 Å². The first-order chi connectivity index (χ1) is 14.2. The van der Waals surface area contributed by atoms with Gasteiger partial charge in [0.1, 0.15) is 6.61 Å². The first-order valence-electron chi connectivity index (χ1n) is 9.79. The maximum absolute atomic E-state index is 12.0. The fraction of sp³-hybridized carbons (Fsp3) is 0.750. The van der Waals surface area contributed by atoms with E-state index in [1.54, 1.807) is 27.7 Å². The first-order valence-corrected chi connectivity index (χ1v) is 9.79. The molecule has 11 heteroatoms. The van der Waals surface area contributed by atoms with Crippen molar-refractivity contribution >= 4 is 29.8 Å². The molecule has 0 saturated heterocycles. The largest absolute Gasteiger partial charge is 0.463 e. The summed E-state index contributed by atoms with van der Waals surface area (Å²) >= 11 is 0. The highest BCUT2D eigenvalue weighted by Gasteiger charge is 2.30. The van der Waals surface area contributed by atoms with E-state index in [4.69, 9.17) is 28.4 Å². The van der Waals surface area contributed by atoms with Crippen LogP contribution in [0.3, 0.4) is 0 Å². The minimum absolute atomic E-state index is 0.117. The van der Waals surface area contributed by atoms with Crippen LogP contribution in [0.25, 0.3) is 0 Å². The number of rotatable bonds is 11. The number of ether oxygens (including phenoxy) is 6. The van der Waals surface area contributed by atoms with Gasteiger partial charge in [-0.15, -0.1) is 0 Å². The summed E-state index contributed by atoms with van der Waals surface area (Å²) in [5, 5.41) is 0. The lowest BCUT2D eigenvalue weighted by molar-refractivity contribution is -0.185. The van der Waals surface area contributed by atoms with Crippen molar-refractivity contribution < 1.29 is 52.4 Å². The third-order valence-electron chi connectivity index (χ3n) is 3.42. The first kappa shape index (κ1) is 28.3. The zero-order valence-corrected chi connectivity index (χ0v) is 19.2. The van der Waals surface area contributed by atoms with Gasteiger partial charge < -0.3 is 28.4 Å². The van der Waals surface area contributed by atoms with Crippen LogP contribution in [0.15, 0.2) is 0 Å². The minimum Gasteiger partial charge on any atom is -0.463 e. The smallest absolute Gasteiger partial charge is 0.347 e. The fourth-order valence-corrected chi connectivity index (χ4v) is 1.77. The molecule has 0 aliphatic rings. The molecule has 0 radical (unpaired) electrons. The molecule has 0 heterocycles. The van der Waals surface area contributed by atoms with Gasteiger partial charge in [-0.05, 0) is 55.4 Å². The zero-order valence-electron chi connectivity index (χ0n) is 19.2. The van der Waals surface area contributed by atoms with Gasteiger partial charge in [0.2, 0.25) is 0 Å². The van der Waals surface area contributed by atoms with Crippen LogP contribution in [0, 0.1) is 0 Å². The average Bonchev–Trinajstić information content (AvgIpc) is 2.65. The molecule has 0 aromatic carbocycles. The van der Waals surface area contributed by atoms with Crippen LogP contribution in [0.5, 0.6) is 0 Å². The number of carbonyl (C=O) groups excluding carboxylic acids is 5. The van der Waals surface area contributed by atoms with Crippen LogP contribution < -0.4 is 0 Å². The van der Waals surface area contributed by atoms with Gasteiger partial charge in [0.25, 0.3) is 0 Å². The van der Waals surface area contributed by atoms with Crippen molar-refractivity contribution in [2.24, 2.45) is 0 Å². The Morgan fingerprint density at radius 3 is 1.35 bits per heavy atom. The molecule has 0 N–H and O–H groups in total. The van der Waals surface area contributed by atoms with E-state index in [1.807, 2.05) is 0 Å². The van der Waals surface area contributed by atoms with E-state index in [0.717, 1.165) is 0 Å². The highest BCUT2D eigenvalue weighted by atomic mass is 16.6. The summed E-state index contributed by atoms with van der Waals surface area (Å²) in [5.41, 5.74) is -0.563. The third-order valence-corrected chi connectivity index (χ3v) is 3.42. The van der Waals surface area contributed by atoms with Gasteiger partial charge in [-0.25, -0.2) is 24.0 Å². The number of carbonyl (C=O) groups is 5. The standard InChI is InChI=1S/C20H32O11/c1-9-26-16(22)11(2)29-18(24)13(4)31-19(25)14(5)30-17(23)12(3)28-15(21)10-27-20(6,7)8/h11-14H,9-10H2,1-8H3. The Morgan fingerprint density at radius 2 is 1.00 bits per heavy atom. The highest BCUT2D eigenvalue weighted by molar-refractivity contribution is 5.85. The number of hydrogen-bond donors (Lipinski definition) is 0. The number of esters is 5. The molecular weight excluding hydrogens is 416 g/mol. The van der Waals surface area contributed by atoms with E-state index in [9.17, 15) is 24.0 Å². The van der Waals surface area contributed by atoms with Crippen molar-refractivity contribution in [3.63, 3.8) is 0 Å². The van der Waals surface area contributed by atoms with Crippen molar-refractivity contribution in [1.82, 2.24) is 0 Å². The summed E-state index contributed by atoms with van der Waals surface area (Å²) in [6.07, 6.45) is -5.23. The predicted molar refractivity (Wildman–Crippen MR) is 105 cm³/mol. The monoisotopic (exact) mass is 448 g/mol. The Balaban J connectivity index is 4.53. The quantitative estimate of drug-likeness (QED) is 0.331. The molecule has 0 aromatic heterocycles. The Labute approximate surface area is 181 Å². The predicted octanol–water partition coefficient (Wildman–Crippen LogP) is 1.09. The van der Waals surface area contributed by atoms with Gasteiger partial charge in [-0.3, -0.25) is 0 Å². The van der Waals surface area contributed by atoms with Gasteiger partial charge in [-0.2, -0.15) is 0 Å². The molecule has 0 saturated carbocycles. The summed E-state index contributed by atoms with van der Waals surface area (Å²) in [6.45, 7) is 11.6. The molecule has 0 aliphatic carbocycles. The molecule has 31 heavy (non-hydrogen) atoms. The van der Waals surface area contributed by atoms with E-state index in [0.29, 0.717) is 0 Å². The van der Waals surface area contributed by atoms with Crippen molar-refractivity contribution in [1.29, 1.82) is 0 Å². The molecule has 4 unspecified atom stereocenters. The highest BCUT2D eigenvalue weighted by Crippen LogP contribution is 2.08. The summed E-state index contributed by atoms with van der Waals surface area (Å²) < 4.78 is 29.5. The van der Waals surface area contributed by atoms with Crippen molar-refractivity contribution in [3.8, 4) is 0 Å². The van der Waals surface area contributed by atoms with Crippen LogP contribution in [0.4, 0.5) is 0 Å². The zero-order chi connectivity index (χ0) is 24.4. The lowest BCUT2D eigenvalue weighted by Crippen LogP contribution is -2.38. The van der Waals surface area contributed by atoms with Gasteiger partial charge in [0, 0.05) is 0 Å². The van der Waals surface area contributed by atoms with Crippen LogP contribution in [0.1, 0.15) is 55.4 Å². The molecule has 0 fully saturated rings. The maximum atomic E-state index is 12.0. The normalized spacial score (nSPS) is 15.0. The molecule has 0 spiro atoms. The average molecular weight is 448 g/mol. The Morgan fingerprint density at radius 1 is 0.645 bits per heavy atom. The maximum Gasteiger partial charge on any atom is 0.347 e. The van der Waals surface area contributed by atoms with Crippen LogP contribution in [0.2, 0.25) is 0 Å².